The molecular formula is C20H26O6. The van der Waals surface area contributed by atoms with Crippen LogP contribution in [0.4, 0.5) is 0 Å². The lowest BCUT2D eigenvalue weighted by atomic mass is 9.96. The quantitative estimate of drug-likeness (QED) is 0.355. The molecule has 2 atom stereocenters. The van der Waals surface area contributed by atoms with E-state index in [1.165, 1.54) is 0 Å². The molecule has 2 rings (SSSR count). The van der Waals surface area contributed by atoms with Crippen LogP contribution in [-0.2, 0) is 25.7 Å². The van der Waals surface area contributed by atoms with Crippen molar-refractivity contribution in [3.63, 3.8) is 0 Å². The topological polar surface area (TPSA) is 93.1 Å². The molecule has 0 aromatic heterocycles. The molecule has 0 amide bonds. The summed E-state index contributed by atoms with van der Waals surface area (Å²) in [6, 6.07) is 9.33. The number of cyclic esters (lactones) is 1. The van der Waals surface area contributed by atoms with E-state index in [0.29, 0.717) is 12.0 Å². The number of Topliss-reactive ketones (excluding diaryl/α,β-unsaturated/α-hetero) is 1. The second kappa shape index (κ2) is 10.2. The van der Waals surface area contributed by atoms with Crippen LogP contribution in [0, 0.1) is 0 Å². The molecule has 1 heterocycles. The minimum Gasteiger partial charge on any atom is -0.457 e. The number of hydrogen-bond acceptors (Lipinski definition) is 6. The average molecular weight is 362 g/mol. The first-order valence-corrected chi connectivity index (χ1v) is 8.96. The summed E-state index contributed by atoms with van der Waals surface area (Å²) in [5.41, 5.74) is 1.16. The van der Waals surface area contributed by atoms with Crippen molar-refractivity contribution in [1.82, 2.24) is 0 Å². The summed E-state index contributed by atoms with van der Waals surface area (Å²) in [6.07, 6.45) is 0.588. The minimum absolute atomic E-state index is 0.0355. The van der Waals surface area contributed by atoms with Crippen molar-refractivity contribution in [3.8, 4) is 0 Å². The fraction of sp³-hybridized carbons (Fsp3) is 0.500. The number of esters is 1. The smallest absolute Gasteiger partial charge is 0.342 e. The van der Waals surface area contributed by atoms with E-state index in [4.69, 9.17) is 9.47 Å². The van der Waals surface area contributed by atoms with Gasteiger partial charge in [0.2, 0.25) is 0 Å². The van der Waals surface area contributed by atoms with Gasteiger partial charge in [-0.1, -0.05) is 50.1 Å². The van der Waals surface area contributed by atoms with Crippen LogP contribution in [-0.4, -0.2) is 47.4 Å². The number of aliphatic hydroxyl groups is 2. The molecule has 1 aliphatic rings. The monoisotopic (exact) mass is 362 g/mol. The van der Waals surface area contributed by atoms with E-state index in [1.54, 1.807) is 0 Å². The van der Waals surface area contributed by atoms with E-state index < -0.39 is 24.8 Å². The summed E-state index contributed by atoms with van der Waals surface area (Å²) < 4.78 is 10.8. The molecular weight excluding hydrogens is 336 g/mol. The van der Waals surface area contributed by atoms with Gasteiger partial charge in [0.05, 0.1) is 13.2 Å². The molecule has 0 bridgehead atoms. The van der Waals surface area contributed by atoms with Crippen LogP contribution in [0.15, 0.2) is 41.5 Å². The molecule has 0 radical (unpaired) electrons. The fourth-order valence-electron chi connectivity index (χ4n) is 2.90. The van der Waals surface area contributed by atoms with Gasteiger partial charge in [-0.2, -0.15) is 0 Å². The normalized spacial score (nSPS) is 16.5. The first-order chi connectivity index (χ1) is 12.6. The number of carbonyl (C=O) groups is 2. The second-order valence-electron chi connectivity index (χ2n) is 6.32. The highest BCUT2D eigenvalue weighted by molar-refractivity contribution is 6.19. The molecule has 0 fully saturated rings. The van der Waals surface area contributed by atoms with Crippen LogP contribution >= 0.6 is 0 Å². The SMILES string of the molecule is CCCCCC(=O)C1=C([C@@H](OCc2ccccc2)[C@H](O)CO)COC1=O. The van der Waals surface area contributed by atoms with Crippen LogP contribution < -0.4 is 0 Å². The van der Waals surface area contributed by atoms with Crippen molar-refractivity contribution < 1.29 is 29.3 Å². The third-order valence-corrected chi connectivity index (χ3v) is 4.32. The van der Waals surface area contributed by atoms with Crippen molar-refractivity contribution in [2.75, 3.05) is 13.2 Å². The number of carbonyl (C=O) groups excluding carboxylic acids is 2. The summed E-state index contributed by atoms with van der Waals surface area (Å²) in [6.45, 7) is 1.56. The molecule has 0 spiro atoms. The highest BCUT2D eigenvalue weighted by Gasteiger charge is 2.37. The highest BCUT2D eigenvalue weighted by atomic mass is 16.5. The maximum absolute atomic E-state index is 12.5. The van der Waals surface area contributed by atoms with E-state index in [1.807, 2.05) is 37.3 Å². The zero-order valence-corrected chi connectivity index (χ0v) is 15.0. The van der Waals surface area contributed by atoms with Crippen molar-refractivity contribution in [1.29, 1.82) is 0 Å². The molecule has 0 saturated heterocycles. The lowest BCUT2D eigenvalue weighted by Gasteiger charge is -2.23. The lowest BCUT2D eigenvalue weighted by molar-refractivity contribution is -0.137. The predicted octanol–water partition coefficient (Wildman–Crippen LogP) is 1.93. The number of aliphatic hydroxyl groups excluding tert-OH is 2. The van der Waals surface area contributed by atoms with Gasteiger partial charge >= 0.3 is 5.97 Å². The number of unbranched alkanes of at least 4 members (excludes halogenated alkanes) is 2. The molecule has 6 heteroatoms. The molecule has 6 nitrogen and oxygen atoms in total. The molecule has 1 aliphatic heterocycles. The zero-order valence-electron chi connectivity index (χ0n) is 15.0. The molecule has 26 heavy (non-hydrogen) atoms. The van der Waals surface area contributed by atoms with E-state index >= 15 is 0 Å². The Morgan fingerprint density at radius 1 is 1.27 bits per heavy atom. The largest absolute Gasteiger partial charge is 0.457 e. The van der Waals surface area contributed by atoms with Gasteiger partial charge in [-0.25, -0.2) is 4.79 Å². The molecule has 0 unspecified atom stereocenters. The lowest BCUT2D eigenvalue weighted by Crippen LogP contribution is -2.35. The van der Waals surface area contributed by atoms with Crippen LogP contribution in [0.25, 0.3) is 0 Å². The summed E-state index contributed by atoms with van der Waals surface area (Å²) >= 11 is 0. The summed E-state index contributed by atoms with van der Waals surface area (Å²) in [7, 11) is 0. The first kappa shape index (κ1) is 20.3. The maximum Gasteiger partial charge on any atom is 0.342 e. The maximum atomic E-state index is 12.5. The Kier molecular flexibility index (Phi) is 7.97. The second-order valence-corrected chi connectivity index (χ2v) is 6.32. The Hall–Kier alpha value is -2.02. The summed E-state index contributed by atoms with van der Waals surface area (Å²) in [5.74, 6) is -0.977. The Balaban J connectivity index is 2.19. The number of benzene rings is 1. The minimum atomic E-state index is -1.25. The van der Waals surface area contributed by atoms with Crippen molar-refractivity contribution in [2.24, 2.45) is 0 Å². The van der Waals surface area contributed by atoms with E-state index in [9.17, 15) is 19.8 Å². The Labute approximate surface area is 153 Å². The van der Waals surface area contributed by atoms with E-state index in [0.717, 1.165) is 18.4 Å². The third-order valence-electron chi connectivity index (χ3n) is 4.32. The van der Waals surface area contributed by atoms with Crippen LogP contribution in [0.1, 0.15) is 38.2 Å². The Morgan fingerprint density at radius 3 is 2.65 bits per heavy atom. The van der Waals surface area contributed by atoms with Crippen LogP contribution in [0.5, 0.6) is 0 Å². The van der Waals surface area contributed by atoms with Gasteiger partial charge in [0, 0.05) is 12.0 Å². The standard InChI is InChI=1S/C20H26O6/c1-2-3-5-10-16(22)18-15(13-26-20(18)24)19(17(23)11-21)25-12-14-8-6-4-7-9-14/h4,6-9,17,19,21,23H,2-3,5,10-13H2,1H3/t17-,19-/m1/s1. The fourth-order valence-corrected chi connectivity index (χ4v) is 2.90. The Bertz CT molecular complexity index is 637. The Morgan fingerprint density at radius 2 is 2.00 bits per heavy atom. The number of rotatable bonds is 11. The van der Waals surface area contributed by atoms with Gasteiger partial charge in [-0.15, -0.1) is 0 Å². The molecule has 0 saturated carbocycles. The van der Waals surface area contributed by atoms with Gasteiger partial charge < -0.3 is 19.7 Å². The third kappa shape index (κ3) is 5.24. The molecule has 1 aromatic rings. The number of hydrogen-bond donors (Lipinski definition) is 2. The van der Waals surface area contributed by atoms with Crippen molar-refractivity contribution in [3.05, 3.63) is 47.0 Å². The average Bonchev–Trinajstić information content (AvgIpc) is 3.04. The van der Waals surface area contributed by atoms with Gasteiger partial charge in [0.25, 0.3) is 0 Å². The van der Waals surface area contributed by atoms with Crippen molar-refractivity contribution >= 4 is 11.8 Å². The number of ether oxygens (including phenoxy) is 2. The van der Waals surface area contributed by atoms with Crippen LogP contribution in [0.3, 0.4) is 0 Å². The highest BCUT2D eigenvalue weighted by Crippen LogP contribution is 2.26. The molecule has 2 N–H and O–H groups in total. The van der Waals surface area contributed by atoms with Crippen LogP contribution in [0.2, 0.25) is 0 Å². The predicted molar refractivity (Wildman–Crippen MR) is 95.2 cm³/mol. The molecule has 142 valence electrons. The van der Waals surface area contributed by atoms with Gasteiger partial charge in [-0.3, -0.25) is 4.79 Å². The van der Waals surface area contributed by atoms with E-state index in [2.05, 4.69) is 0 Å². The zero-order chi connectivity index (χ0) is 18.9. The van der Waals surface area contributed by atoms with E-state index in [-0.39, 0.29) is 31.0 Å². The summed E-state index contributed by atoms with van der Waals surface area (Å²) in [5, 5.41) is 19.5. The summed E-state index contributed by atoms with van der Waals surface area (Å²) in [4.78, 5) is 24.5. The molecule has 1 aromatic carbocycles. The van der Waals surface area contributed by atoms with Gasteiger partial charge in [0.15, 0.2) is 5.78 Å². The van der Waals surface area contributed by atoms with Crippen molar-refractivity contribution in [2.45, 2.75) is 51.4 Å². The van der Waals surface area contributed by atoms with Gasteiger partial charge in [0.1, 0.15) is 24.4 Å². The number of ketones is 1. The molecule has 0 aliphatic carbocycles. The first-order valence-electron chi connectivity index (χ1n) is 8.96. The van der Waals surface area contributed by atoms with Gasteiger partial charge in [-0.05, 0) is 12.0 Å².